The van der Waals surface area contributed by atoms with Gasteiger partial charge in [-0.05, 0) is 18.6 Å². The van der Waals surface area contributed by atoms with E-state index >= 15 is 0 Å². The van der Waals surface area contributed by atoms with Crippen LogP contribution in [0, 0.1) is 0 Å². The van der Waals surface area contributed by atoms with E-state index in [9.17, 15) is 81.0 Å². The Labute approximate surface area is 266 Å². The van der Waals surface area contributed by atoms with Crippen molar-refractivity contribution in [3.63, 3.8) is 0 Å². The van der Waals surface area contributed by atoms with Crippen LogP contribution in [-0.2, 0) is 24.0 Å². The number of rotatable bonds is 8. The van der Waals surface area contributed by atoms with E-state index in [2.05, 4.69) is 5.32 Å². The molecule has 2 atom stereocenters. The van der Waals surface area contributed by atoms with E-state index in [0.717, 1.165) is 32.4 Å². The molecule has 0 unspecified atom stereocenters. The molecular weight excluding hydrogens is 709 g/mol. The van der Waals surface area contributed by atoms with Crippen LogP contribution in [0.15, 0.2) is 36.0 Å². The molecule has 0 spiro atoms. The second-order valence-corrected chi connectivity index (χ2v) is 10.3. The fourth-order valence-corrected chi connectivity index (χ4v) is 3.85. The molecule has 1 aliphatic heterocycles. The first-order chi connectivity index (χ1) is 22.1. The van der Waals surface area contributed by atoms with Gasteiger partial charge in [0.15, 0.2) is 0 Å². The third-order valence-corrected chi connectivity index (χ3v) is 7.08. The number of nitrogens with zero attached hydrogens (tertiary/aromatic N) is 2. The number of alkyl halides is 13. The minimum absolute atomic E-state index is 0.223. The smallest absolute Gasteiger partial charge is 0.348 e. The highest BCUT2D eigenvalue weighted by molar-refractivity contribution is 6.04. The van der Waals surface area contributed by atoms with Crippen molar-refractivity contribution in [3.8, 4) is 0 Å². The zero-order valence-electron chi connectivity index (χ0n) is 24.9. The van der Waals surface area contributed by atoms with Crippen LogP contribution in [0.1, 0.15) is 12.5 Å². The number of amides is 5. The normalized spacial score (nSPS) is 20.8. The van der Waals surface area contributed by atoms with Gasteiger partial charge in [0, 0.05) is 20.6 Å². The Morgan fingerprint density at radius 2 is 1.35 bits per heavy atom. The van der Waals surface area contributed by atoms with Crippen LogP contribution < -0.4 is 16.0 Å². The van der Waals surface area contributed by atoms with Gasteiger partial charge >= 0.3 is 35.8 Å². The Bertz CT molecular complexity index is 1490. The van der Waals surface area contributed by atoms with Crippen LogP contribution in [0.3, 0.4) is 0 Å². The molecule has 0 bridgehead atoms. The monoisotopic (exact) mass is 733 g/mol. The van der Waals surface area contributed by atoms with E-state index in [0.29, 0.717) is 9.80 Å². The number of likely N-dealkylation sites (N-methyl/N-ethyl adjacent to an activating group) is 2. The number of carbonyl (C=O) groups excluding carboxylic acids is 5. The largest absolute Gasteiger partial charge is 0.460 e. The summed E-state index contributed by atoms with van der Waals surface area (Å²) in [6.45, 7) is -1.51. The molecule has 1 fully saturated rings. The molecule has 3 N–H and O–H groups in total. The standard InChI is InChI=1S/C26H24F13N5O5/c1-12-17(46)42-14(19(48)44(3)15(9-13-7-5-4-6-8-13)18(47)40-11-16(45)43(12)2)10-41-20(49)21(27,28)22(29,30)23(31,32)24(33,34)25(35,36)26(37,38)39/h4-9,12,14H,10-11H2,1-3H3,(H,40,47)(H,41,49)(H,42,46)/b15-9-/t12-,14-/m0/s1. The van der Waals surface area contributed by atoms with Crippen LogP contribution in [-0.4, -0.2) is 114 Å². The summed E-state index contributed by atoms with van der Waals surface area (Å²) in [6, 6.07) is 3.32. The molecule has 1 heterocycles. The summed E-state index contributed by atoms with van der Waals surface area (Å²) in [5, 5.41) is 4.75. The molecule has 0 aromatic heterocycles. The van der Waals surface area contributed by atoms with E-state index in [1.165, 1.54) is 24.3 Å². The first kappa shape index (κ1) is 40.6. The molecule has 23 heteroatoms. The summed E-state index contributed by atoms with van der Waals surface area (Å²) < 4.78 is 175. The molecule has 1 aliphatic rings. The molecule has 1 saturated heterocycles. The van der Waals surface area contributed by atoms with Gasteiger partial charge in [0.2, 0.25) is 11.8 Å². The van der Waals surface area contributed by atoms with Crippen LogP contribution in [0.4, 0.5) is 57.1 Å². The fraction of sp³-hybridized carbons (Fsp3) is 0.500. The summed E-state index contributed by atoms with van der Waals surface area (Å²) in [7, 11) is 1.85. The first-order valence-electron chi connectivity index (χ1n) is 13.2. The summed E-state index contributed by atoms with van der Waals surface area (Å²) >= 11 is 0. The molecule has 49 heavy (non-hydrogen) atoms. The molecule has 0 saturated carbocycles. The molecule has 0 radical (unpaired) electrons. The van der Waals surface area contributed by atoms with Crippen molar-refractivity contribution in [1.82, 2.24) is 25.8 Å². The van der Waals surface area contributed by atoms with E-state index in [1.54, 1.807) is 6.07 Å². The highest BCUT2D eigenvalue weighted by Gasteiger charge is 2.91. The van der Waals surface area contributed by atoms with E-state index in [1.807, 2.05) is 5.32 Å². The third kappa shape index (κ3) is 7.38. The SMILES string of the molecule is C[C@H]1C(=O)N[C@@H](CNC(=O)C(F)(F)C(F)(F)C(F)(F)C(F)(F)C(F)(F)C(F)(F)F)C(=O)N(C)/C(=C\c2ccccc2)C(=O)NCC(=O)N1C. The molecule has 1 aromatic carbocycles. The van der Waals surface area contributed by atoms with Crippen molar-refractivity contribution in [2.24, 2.45) is 0 Å². The summed E-state index contributed by atoms with van der Waals surface area (Å²) in [4.78, 5) is 64.8. The van der Waals surface area contributed by atoms with Gasteiger partial charge in [0.25, 0.3) is 17.7 Å². The molecule has 274 valence electrons. The molecular formula is C26H24F13N5O5. The van der Waals surface area contributed by atoms with E-state index < -0.39 is 96.2 Å². The Kier molecular flexibility index (Phi) is 11.4. The first-order valence-corrected chi connectivity index (χ1v) is 13.2. The Hall–Kier alpha value is -4.60. The molecule has 0 aliphatic carbocycles. The second kappa shape index (κ2) is 13.7. The lowest BCUT2D eigenvalue weighted by molar-refractivity contribution is -0.436. The number of halogens is 13. The van der Waals surface area contributed by atoms with Gasteiger partial charge in [-0.3, -0.25) is 24.0 Å². The topological polar surface area (TPSA) is 128 Å². The number of benzene rings is 1. The maximum absolute atomic E-state index is 14.4. The highest BCUT2D eigenvalue weighted by atomic mass is 19.4. The van der Waals surface area contributed by atoms with Crippen molar-refractivity contribution in [2.45, 2.75) is 54.8 Å². The van der Waals surface area contributed by atoms with Gasteiger partial charge in [-0.1, -0.05) is 30.3 Å². The minimum atomic E-state index is -8.26. The average Bonchev–Trinajstić information content (AvgIpc) is 3.01. The number of nitrogens with one attached hydrogen (secondary N) is 3. The van der Waals surface area contributed by atoms with Gasteiger partial charge in [0.1, 0.15) is 17.8 Å². The maximum Gasteiger partial charge on any atom is 0.460 e. The predicted molar refractivity (Wildman–Crippen MR) is 138 cm³/mol. The van der Waals surface area contributed by atoms with Crippen LogP contribution >= 0.6 is 0 Å². The van der Waals surface area contributed by atoms with Crippen LogP contribution in [0.25, 0.3) is 6.08 Å². The zero-order valence-corrected chi connectivity index (χ0v) is 24.9. The summed E-state index contributed by atoms with van der Waals surface area (Å²) in [6.07, 6.45) is -6.63. The molecule has 5 amide bonds. The maximum atomic E-state index is 14.4. The lowest BCUT2D eigenvalue weighted by Crippen LogP contribution is -2.72. The number of carbonyl (C=O) groups is 5. The third-order valence-electron chi connectivity index (χ3n) is 7.08. The van der Waals surface area contributed by atoms with E-state index in [-0.39, 0.29) is 5.56 Å². The molecule has 2 rings (SSSR count). The fourth-order valence-electron chi connectivity index (χ4n) is 3.85. The van der Waals surface area contributed by atoms with Crippen LogP contribution in [0.5, 0.6) is 0 Å². The van der Waals surface area contributed by atoms with Crippen molar-refractivity contribution in [3.05, 3.63) is 41.6 Å². The van der Waals surface area contributed by atoms with Gasteiger partial charge in [0.05, 0.1) is 6.54 Å². The second-order valence-electron chi connectivity index (χ2n) is 10.3. The Morgan fingerprint density at radius 1 is 0.837 bits per heavy atom. The molecule has 1 aromatic rings. The summed E-state index contributed by atoms with van der Waals surface area (Å²) in [5.41, 5.74) is -0.406. The number of hydrogen-bond acceptors (Lipinski definition) is 5. The van der Waals surface area contributed by atoms with Crippen molar-refractivity contribution < 1.29 is 81.0 Å². The summed E-state index contributed by atoms with van der Waals surface area (Å²) in [5.74, 6) is -48.3. The quantitative estimate of drug-likeness (QED) is 0.280. The van der Waals surface area contributed by atoms with Gasteiger partial charge in [-0.15, -0.1) is 0 Å². The lowest BCUT2D eigenvalue weighted by Gasteiger charge is -2.39. The van der Waals surface area contributed by atoms with Gasteiger partial charge in [-0.2, -0.15) is 57.1 Å². The van der Waals surface area contributed by atoms with Crippen molar-refractivity contribution >= 4 is 35.6 Å². The van der Waals surface area contributed by atoms with E-state index in [4.69, 9.17) is 0 Å². The number of hydrogen-bond donors (Lipinski definition) is 3. The average molecular weight is 733 g/mol. The Morgan fingerprint density at radius 3 is 1.86 bits per heavy atom. The Balaban J connectivity index is 2.54. The van der Waals surface area contributed by atoms with Gasteiger partial charge in [-0.25, -0.2) is 0 Å². The highest BCUT2D eigenvalue weighted by Crippen LogP contribution is 2.60. The minimum Gasteiger partial charge on any atom is -0.348 e. The van der Waals surface area contributed by atoms with Crippen molar-refractivity contribution in [2.75, 3.05) is 27.2 Å². The van der Waals surface area contributed by atoms with Gasteiger partial charge < -0.3 is 25.8 Å². The zero-order chi connectivity index (χ0) is 38.1. The van der Waals surface area contributed by atoms with Crippen LogP contribution in [0.2, 0.25) is 0 Å². The molecule has 10 nitrogen and oxygen atoms in total. The van der Waals surface area contributed by atoms with Crippen molar-refractivity contribution in [1.29, 1.82) is 0 Å². The lowest BCUT2D eigenvalue weighted by atomic mass is 9.93. The predicted octanol–water partition coefficient (Wildman–Crippen LogP) is 2.80.